The highest BCUT2D eigenvalue weighted by atomic mass is 32.1. The van der Waals surface area contributed by atoms with Crippen LogP contribution in [0.1, 0.15) is 26.4 Å². The number of H-pyrrole nitrogens is 1. The van der Waals surface area contributed by atoms with Gasteiger partial charge >= 0.3 is 6.36 Å². The van der Waals surface area contributed by atoms with Crippen molar-refractivity contribution in [2.24, 2.45) is 0 Å². The monoisotopic (exact) mass is 397 g/mol. The predicted octanol–water partition coefficient (Wildman–Crippen LogP) is 2.53. The molecule has 0 bridgehead atoms. The number of benzene rings is 1. The van der Waals surface area contributed by atoms with Crippen LogP contribution in [0.25, 0.3) is 10.9 Å². The topological polar surface area (TPSA) is 91.9 Å². The van der Waals surface area contributed by atoms with Crippen molar-refractivity contribution in [3.05, 3.63) is 40.0 Å². The molecule has 11 heteroatoms. The van der Waals surface area contributed by atoms with Crippen molar-refractivity contribution >= 4 is 28.1 Å². The summed E-state index contributed by atoms with van der Waals surface area (Å²) < 4.78 is 40.8. The standard InChI is InChI=1S/C16H14F3N5O2S/c17-16(18,19)26-10-2-1-8-3-12(22-11(8)4-10)14(25)21-7-13-23-24-15(27-13)9-5-20-6-9/h1-4,9,20,22H,5-7H2,(H,21,25). The summed E-state index contributed by atoms with van der Waals surface area (Å²) in [5.74, 6) is -0.351. The summed E-state index contributed by atoms with van der Waals surface area (Å²) in [4.78, 5) is 15.1. The lowest BCUT2D eigenvalue weighted by Crippen LogP contribution is -2.39. The Morgan fingerprint density at radius 2 is 2.11 bits per heavy atom. The first-order valence-corrected chi connectivity index (χ1v) is 8.89. The molecule has 1 aliphatic rings. The Morgan fingerprint density at radius 1 is 1.30 bits per heavy atom. The molecule has 0 radical (unpaired) electrons. The van der Waals surface area contributed by atoms with Gasteiger partial charge in [-0.2, -0.15) is 0 Å². The van der Waals surface area contributed by atoms with Crippen molar-refractivity contribution in [2.45, 2.75) is 18.8 Å². The van der Waals surface area contributed by atoms with E-state index in [0.717, 1.165) is 18.1 Å². The van der Waals surface area contributed by atoms with E-state index in [1.54, 1.807) is 6.07 Å². The minimum atomic E-state index is -4.77. The van der Waals surface area contributed by atoms with Gasteiger partial charge in [0.15, 0.2) is 0 Å². The Balaban J connectivity index is 1.42. The second-order valence-electron chi connectivity index (χ2n) is 6.05. The molecule has 3 N–H and O–H groups in total. The molecular weight excluding hydrogens is 383 g/mol. The summed E-state index contributed by atoms with van der Waals surface area (Å²) in [6, 6.07) is 5.41. The van der Waals surface area contributed by atoms with Gasteiger partial charge in [0.2, 0.25) is 0 Å². The molecule has 0 atom stereocenters. The van der Waals surface area contributed by atoms with E-state index < -0.39 is 6.36 Å². The third kappa shape index (κ3) is 4.03. The average molecular weight is 397 g/mol. The number of carbonyl (C=O) groups excluding carboxylic acids is 1. The Labute approximate surface area is 154 Å². The highest BCUT2D eigenvalue weighted by molar-refractivity contribution is 7.11. The molecule has 2 aromatic heterocycles. The predicted molar refractivity (Wildman–Crippen MR) is 91.7 cm³/mol. The number of ether oxygens (including phenoxy) is 1. The normalized spacial score (nSPS) is 14.9. The van der Waals surface area contributed by atoms with Crippen LogP contribution in [0.3, 0.4) is 0 Å². The van der Waals surface area contributed by atoms with Gasteiger partial charge in [-0.05, 0) is 18.2 Å². The summed E-state index contributed by atoms with van der Waals surface area (Å²) in [6.45, 7) is 2.00. The molecule has 1 aromatic carbocycles. The Morgan fingerprint density at radius 3 is 2.81 bits per heavy atom. The van der Waals surface area contributed by atoms with Gasteiger partial charge in [0.05, 0.1) is 6.54 Å². The number of nitrogens with one attached hydrogen (secondary N) is 3. The summed E-state index contributed by atoms with van der Waals surface area (Å²) >= 11 is 1.46. The molecule has 1 aliphatic heterocycles. The van der Waals surface area contributed by atoms with E-state index in [1.165, 1.54) is 29.5 Å². The van der Waals surface area contributed by atoms with Crippen molar-refractivity contribution in [1.82, 2.24) is 25.8 Å². The Hall–Kier alpha value is -2.66. The largest absolute Gasteiger partial charge is 0.573 e. The maximum absolute atomic E-state index is 12.3. The van der Waals surface area contributed by atoms with Gasteiger partial charge in [0.25, 0.3) is 5.91 Å². The molecule has 1 amide bonds. The number of fused-ring (bicyclic) bond motifs is 1. The number of hydrogen-bond donors (Lipinski definition) is 3. The summed E-state index contributed by atoms with van der Waals surface area (Å²) in [5, 5.41) is 16.3. The Kier molecular flexibility index (Phi) is 4.48. The van der Waals surface area contributed by atoms with Gasteiger partial charge in [-0.3, -0.25) is 4.79 Å². The molecule has 142 valence electrons. The molecule has 1 fully saturated rings. The molecule has 7 nitrogen and oxygen atoms in total. The third-order valence-electron chi connectivity index (χ3n) is 4.09. The molecule has 0 aliphatic carbocycles. The molecule has 3 aromatic rings. The quantitative estimate of drug-likeness (QED) is 0.615. The van der Waals surface area contributed by atoms with Gasteiger partial charge in [0, 0.05) is 36.0 Å². The zero-order valence-corrected chi connectivity index (χ0v) is 14.6. The molecule has 1 saturated heterocycles. The number of nitrogens with zero attached hydrogens (tertiary/aromatic N) is 2. The summed E-state index contributed by atoms with van der Waals surface area (Å²) in [7, 11) is 0. The van der Waals surface area contributed by atoms with Crippen molar-refractivity contribution in [2.75, 3.05) is 13.1 Å². The van der Waals surface area contributed by atoms with Crippen LogP contribution in [0.4, 0.5) is 13.2 Å². The number of aromatic nitrogens is 3. The van der Waals surface area contributed by atoms with Crippen LogP contribution in [-0.4, -0.2) is 40.5 Å². The molecule has 0 unspecified atom stereocenters. The van der Waals surface area contributed by atoms with Crippen LogP contribution in [0.5, 0.6) is 5.75 Å². The van der Waals surface area contributed by atoms with Gasteiger partial charge in [-0.25, -0.2) is 0 Å². The van der Waals surface area contributed by atoms with Gasteiger partial charge in [-0.15, -0.1) is 23.4 Å². The second kappa shape index (κ2) is 6.82. The van der Waals surface area contributed by atoms with Crippen LogP contribution < -0.4 is 15.4 Å². The van der Waals surface area contributed by atoms with Crippen molar-refractivity contribution in [3.8, 4) is 5.75 Å². The fraction of sp³-hybridized carbons (Fsp3) is 0.312. The van der Waals surface area contributed by atoms with Crippen LogP contribution in [0, 0.1) is 0 Å². The molecule has 4 rings (SSSR count). The van der Waals surface area contributed by atoms with E-state index in [1.807, 2.05) is 0 Å². The third-order valence-corrected chi connectivity index (χ3v) is 5.17. The lowest BCUT2D eigenvalue weighted by atomic mass is 10.1. The first kappa shape index (κ1) is 17.7. The average Bonchev–Trinajstić information content (AvgIpc) is 3.16. The summed E-state index contributed by atoms with van der Waals surface area (Å²) in [5.41, 5.74) is 0.611. The van der Waals surface area contributed by atoms with E-state index in [4.69, 9.17) is 0 Å². The fourth-order valence-electron chi connectivity index (χ4n) is 2.64. The van der Waals surface area contributed by atoms with Crippen LogP contribution in [0.15, 0.2) is 24.3 Å². The minimum absolute atomic E-state index is 0.231. The highest BCUT2D eigenvalue weighted by Gasteiger charge is 2.31. The first-order chi connectivity index (χ1) is 12.9. The highest BCUT2D eigenvalue weighted by Crippen LogP contribution is 2.27. The lowest BCUT2D eigenvalue weighted by molar-refractivity contribution is -0.274. The van der Waals surface area contributed by atoms with Crippen LogP contribution in [0.2, 0.25) is 0 Å². The fourth-order valence-corrected chi connectivity index (χ4v) is 3.53. The van der Waals surface area contributed by atoms with Crippen molar-refractivity contribution in [3.63, 3.8) is 0 Å². The second-order valence-corrected chi connectivity index (χ2v) is 7.15. The van der Waals surface area contributed by atoms with E-state index in [0.29, 0.717) is 21.8 Å². The number of halogens is 3. The number of rotatable bonds is 5. The zero-order chi connectivity index (χ0) is 19.0. The molecule has 3 heterocycles. The first-order valence-electron chi connectivity index (χ1n) is 8.07. The molecule has 0 saturated carbocycles. The van der Waals surface area contributed by atoms with Gasteiger partial charge in [0.1, 0.15) is 21.5 Å². The Bertz CT molecular complexity index is 980. The van der Waals surface area contributed by atoms with E-state index >= 15 is 0 Å². The number of carbonyl (C=O) groups is 1. The van der Waals surface area contributed by atoms with E-state index in [9.17, 15) is 18.0 Å². The number of aromatic amines is 1. The smallest absolute Gasteiger partial charge is 0.406 e. The van der Waals surface area contributed by atoms with E-state index in [-0.39, 0.29) is 23.9 Å². The van der Waals surface area contributed by atoms with Gasteiger partial charge < -0.3 is 20.4 Å². The van der Waals surface area contributed by atoms with Crippen LogP contribution >= 0.6 is 11.3 Å². The van der Waals surface area contributed by atoms with Crippen molar-refractivity contribution in [1.29, 1.82) is 0 Å². The maximum atomic E-state index is 12.3. The molecule has 27 heavy (non-hydrogen) atoms. The molecule has 0 spiro atoms. The summed E-state index contributed by atoms with van der Waals surface area (Å²) in [6.07, 6.45) is -4.77. The maximum Gasteiger partial charge on any atom is 0.573 e. The number of alkyl halides is 3. The SMILES string of the molecule is O=C(NCc1nnc(C2CNC2)s1)c1cc2ccc(OC(F)(F)F)cc2[nH]1. The van der Waals surface area contributed by atoms with E-state index in [2.05, 4.69) is 30.6 Å². The lowest BCUT2D eigenvalue weighted by Gasteiger charge is -2.23. The minimum Gasteiger partial charge on any atom is -0.406 e. The van der Waals surface area contributed by atoms with Gasteiger partial charge in [-0.1, -0.05) is 11.3 Å². The van der Waals surface area contributed by atoms with Crippen molar-refractivity contribution < 1.29 is 22.7 Å². The zero-order valence-electron chi connectivity index (χ0n) is 13.8. The van der Waals surface area contributed by atoms with Crippen LogP contribution in [-0.2, 0) is 6.54 Å². The number of hydrogen-bond acceptors (Lipinski definition) is 6. The number of amides is 1. The molecular formula is C16H14F3N5O2S.